The smallest absolute Gasteiger partial charge is 0.134 e. The number of rotatable bonds is 3. The molecular formula is C17H24ClN3O. The third-order valence-corrected chi connectivity index (χ3v) is 4.91. The van der Waals surface area contributed by atoms with E-state index in [9.17, 15) is 0 Å². The summed E-state index contributed by atoms with van der Waals surface area (Å²) in [4.78, 5) is 5.21. The molecule has 3 heterocycles. The van der Waals surface area contributed by atoms with Crippen LogP contribution in [-0.4, -0.2) is 55.1 Å². The zero-order valence-corrected chi connectivity index (χ0v) is 13.6. The first-order chi connectivity index (χ1) is 10.4. The lowest BCUT2D eigenvalue weighted by molar-refractivity contribution is 0.0982. The van der Waals surface area contributed by atoms with Crippen LogP contribution >= 0.6 is 12.4 Å². The molecule has 2 fully saturated rings. The Labute approximate surface area is 137 Å². The second kappa shape index (κ2) is 7.01. The number of nitrogens with zero attached hydrogens (tertiary/aromatic N) is 2. The van der Waals surface area contributed by atoms with Gasteiger partial charge in [-0.3, -0.25) is 9.80 Å². The van der Waals surface area contributed by atoms with Crippen molar-refractivity contribution in [1.29, 1.82) is 0 Å². The van der Waals surface area contributed by atoms with Crippen LogP contribution in [0.2, 0.25) is 0 Å². The average Bonchev–Trinajstić information content (AvgIpc) is 3.19. The molecule has 1 aromatic carbocycles. The summed E-state index contributed by atoms with van der Waals surface area (Å²) in [6.07, 6.45) is 3.24. The van der Waals surface area contributed by atoms with E-state index in [1.54, 1.807) is 0 Å². The number of hydrogen-bond donors (Lipinski definition) is 1. The van der Waals surface area contributed by atoms with E-state index in [-0.39, 0.29) is 12.4 Å². The molecule has 22 heavy (non-hydrogen) atoms. The molecule has 1 aromatic heterocycles. The van der Waals surface area contributed by atoms with Gasteiger partial charge in [0.2, 0.25) is 0 Å². The fourth-order valence-electron chi connectivity index (χ4n) is 3.63. The van der Waals surface area contributed by atoms with Crippen LogP contribution in [0, 0.1) is 0 Å². The molecule has 1 atom stereocenters. The maximum absolute atomic E-state index is 5.65. The van der Waals surface area contributed by atoms with Crippen molar-refractivity contribution in [3.8, 4) is 0 Å². The summed E-state index contributed by atoms with van der Waals surface area (Å²) in [6.45, 7) is 8.09. The topological polar surface area (TPSA) is 31.6 Å². The largest absolute Gasteiger partial charge is 0.464 e. The van der Waals surface area contributed by atoms with Crippen molar-refractivity contribution in [3.05, 3.63) is 36.1 Å². The number of hydrogen-bond acceptors (Lipinski definition) is 4. The van der Waals surface area contributed by atoms with E-state index in [4.69, 9.17) is 4.42 Å². The second-order valence-corrected chi connectivity index (χ2v) is 6.22. The van der Waals surface area contributed by atoms with Gasteiger partial charge in [0.1, 0.15) is 5.58 Å². The standard InChI is InChI=1S/C17H23N3O.ClH/c1-2-4-17-16(3-1)14(13-21-17)12-19-7-9-20(10-8-19)15-5-6-18-11-15;/h1-4,13,15,18H,5-12H2;1H. The fourth-order valence-corrected chi connectivity index (χ4v) is 3.63. The Hall–Kier alpha value is -1.07. The summed E-state index contributed by atoms with van der Waals surface area (Å²) in [6, 6.07) is 9.09. The third kappa shape index (κ3) is 3.15. The van der Waals surface area contributed by atoms with Crippen molar-refractivity contribution in [2.75, 3.05) is 39.3 Å². The molecule has 2 saturated heterocycles. The van der Waals surface area contributed by atoms with E-state index in [1.807, 2.05) is 18.4 Å². The summed E-state index contributed by atoms with van der Waals surface area (Å²) < 4.78 is 5.65. The molecule has 2 aliphatic rings. The first kappa shape index (κ1) is 15.8. The molecule has 0 spiro atoms. The lowest BCUT2D eigenvalue weighted by atomic mass is 10.1. The molecular weight excluding hydrogens is 298 g/mol. The molecule has 0 aliphatic carbocycles. The summed E-state index contributed by atoms with van der Waals surface area (Å²) in [5, 5.41) is 4.73. The van der Waals surface area contributed by atoms with Crippen molar-refractivity contribution in [2.24, 2.45) is 0 Å². The Kier molecular flexibility index (Phi) is 5.03. The number of benzene rings is 1. The maximum Gasteiger partial charge on any atom is 0.134 e. The minimum absolute atomic E-state index is 0. The summed E-state index contributed by atoms with van der Waals surface area (Å²) >= 11 is 0. The Morgan fingerprint density at radius 1 is 1.14 bits per heavy atom. The van der Waals surface area contributed by atoms with E-state index in [0.29, 0.717) is 0 Å². The number of halogens is 1. The minimum atomic E-state index is 0. The van der Waals surface area contributed by atoms with Gasteiger partial charge in [-0.1, -0.05) is 18.2 Å². The normalized spacial score (nSPS) is 23.7. The monoisotopic (exact) mass is 321 g/mol. The zero-order valence-electron chi connectivity index (χ0n) is 12.8. The van der Waals surface area contributed by atoms with Gasteiger partial charge in [0.25, 0.3) is 0 Å². The van der Waals surface area contributed by atoms with Crippen LogP contribution in [0.15, 0.2) is 34.9 Å². The predicted octanol–water partition coefficient (Wildman–Crippen LogP) is 2.33. The molecule has 2 aromatic rings. The molecule has 5 heteroatoms. The van der Waals surface area contributed by atoms with Crippen LogP contribution in [0.5, 0.6) is 0 Å². The lowest BCUT2D eigenvalue weighted by Crippen LogP contribution is -2.50. The molecule has 1 N–H and O–H groups in total. The molecule has 4 rings (SSSR count). The molecule has 0 amide bonds. The van der Waals surface area contributed by atoms with Crippen molar-refractivity contribution in [2.45, 2.75) is 19.0 Å². The maximum atomic E-state index is 5.65. The molecule has 2 aliphatic heterocycles. The van der Waals surface area contributed by atoms with Gasteiger partial charge in [-0.15, -0.1) is 12.4 Å². The number of furan rings is 1. The highest BCUT2D eigenvalue weighted by Gasteiger charge is 2.26. The van der Waals surface area contributed by atoms with E-state index in [0.717, 1.165) is 31.3 Å². The Morgan fingerprint density at radius 3 is 2.73 bits per heavy atom. The molecule has 0 radical (unpaired) electrons. The second-order valence-electron chi connectivity index (χ2n) is 6.22. The van der Waals surface area contributed by atoms with E-state index in [1.165, 1.54) is 43.5 Å². The van der Waals surface area contributed by atoms with Crippen LogP contribution in [0.3, 0.4) is 0 Å². The van der Waals surface area contributed by atoms with Gasteiger partial charge in [-0.05, 0) is 19.0 Å². The lowest BCUT2D eigenvalue weighted by Gasteiger charge is -2.37. The molecule has 1 unspecified atom stereocenters. The van der Waals surface area contributed by atoms with Crippen LogP contribution in [0.4, 0.5) is 0 Å². The van der Waals surface area contributed by atoms with Crippen LogP contribution in [-0.2, 0) is 6.54 Å². The Bertz CT molecular complexity index is 601. The van der Waals surface area contributed by atoms with Gasteiger partial charge in [0.15, 0.2) is 0 Å². The number of para-hydroxylation sites is 1. The quantitative estimate of drug-likeness (QED) is 0.940. The van der Waals surface area contributed by atoms with Crippen molar-refractivity contribution in [3.63, 3.8) is 0 Å². The van der Waals surface area contributed by atoms with Crippen molar-refractivity contribution >= 4 is 23.4 Å². The van der Waals surface area contributed by atoms with Gasteiger partial charge >= 0.3 is 0 Å². The average molecular weight is 322 g/mol. The van der Waals surface area contributed by atoms with Crippen molar-refractivity contribution in [1.82, 2.24) is 15.1 Å². The summed E-state index contributed by atoms with van der Waals surface area (Å²) in [5.41, 5.74) is 2.32. The van der Waals surface area contributed by atoms with Gasteiger partial charge in [0, 0.05) is 56.3 Å². The minimum Gasteiger partial charge on any atom is -0.464 e. The van der Waals surface area contributed by atoms with Crippen molar-refractivity contribution < 1.29 is 4.42 Å². The van der Waals surface area contributed by atoms with Gasteiger partial charge in [-0.2, -0.15) is 0 Å². The van der Waals surface area contributed by atoms with Gasteiger partial charge in [-0.25, -0.2) is 0 Å². The summed E-state index contributed by atoms with van der Waals surface area (Å²) in [5.74, 6) is 0. The van der Waals surface area contributed by atoms with Gasteiger partial charge < -0.3 is 9.73 Å². The molecule has 0 saturated carbocycles. The first-order valence-corrected chi connectivity index (χ1v) is 8.02. The molecule has 0 bridgehead atoms. The first-order valence-electron chi connectivity index (χ1n) is 8.02. The van der Waals surface area contributed by atoms with Crippen LogP contribution in [0.1, 0.15) is 12.0 Å². The fraction of sp³-hybridized carbons (Fsp3) is 0.529. The number of nitrogens with one attached hydrogen (secondary N) is 1. The molecule has 4 nitrogen and oxygen atoms in total. The highest BCUT2D eigenvalue weighted by Crippen LogP contribution is 2.23. The highest BCUT2D eigenvalue weighted by molar-refractivity contribution is 5.85. The number of piperazine rings is 1. The van der Waals surface area contributed by atoms with Crippen LogP contribution < -0.4 is 5.32 Å². The zero-order chi connectivity index (χ0) is 14.1. The number of fused-ring (bicyclic) bond motifs is 1. The summed E-state index contributed by atoms with van der Waals surface area (Å²) in [7, 11) is 0. The van der Waals surface area contributed by atoms with Gasteiger partial charge in [0.05, 0.1) is 6.26 Å². The highest BCUT2D eigenvalue weighted by atomic mass is 35.5. The Morgan fingerprint density at radius 2 is 1.95 bits per heavy atom. The van der Waals surface area contributed by atoms with E-state index >= 15 is 0 Å². The third-order valence-electron chi connectivity index (χ3n) is 4.91. The molecule has 120 valence electrons. The predicted molar refractivity (Wildman–Crippen MR) is 91.6 cm³/mol. The van der Waals surface area contributed by atoms with Crippen LogP contribution in [0.25, 0.3) is 11.0 Å². The Balaban J connectivity index is 0.00000144. The van der Waals surface area contributed by atoms with E-state index < -0.39 is 0 Å². The SMILES string of the molecule is Cl.c1ccc2c(CN3CCN(C4CCNC4)CC3)coc2c1. The van der Waals surface area contributed by atoms with E-state index in [2.05, 4.69) is 27.2 Å².